The van der Waals surface area contributed by atoms with E-state index in [4.69, 9.17) is 4.74 Å². The van der Waals surface area contributed by atoms with Crippen molar-refractivity contribution >= 4 is 11.9 Å². The van der Waals surface area contributed by atoms with Gasteiger partial charge in [-0.15, -0.1) is 0 Å². The summed E-state index contributed by atoms with van der Waals surface area (Å²) in [7, 11) is 0. The van der Waals surface area contributed by atoms with E-state index in [0.717, 1.165) is 31.5 Å². The third-order valence-electron chi connectivity index (χ3n) is 4.94. The first kappa shape index (κ1) is 20.5. The van der Waals surface area contributed by atoms with Crippen LogP contribution in [0.5, 0.6) is 0 Å². The predicted octanol–water partition coefficient (Wildman–Crippen LogP) is 4.57. The van der Waals surface area contributed by atoms with E-state index < -0.39 is 0 Å². The molecule has 0 aromatic heterocycles. The number of hydrogen-bond donors (Lipinski definition) is 0. The summed E-state index contributed by atoms with van der Waals surface area (Å²) in [5, 5.41) is 0. The number of hydrogen-bond acceptors (Lipinski definition) is 3. The molecule has 0 unspecified atom stereocenters. The highest BCUT2D eigenvalue weighted by molar-refractivity contribution is 5.83. The Kier molecular flexibility index (Phi) is 8.66. The first-order chi connectivity index (χ1) is 12.6. The van der Waals surface area contributed by atoms with E-state index >= 15 is 0 Å². The van der Waals surface area contributed by atoms with Crippen LogP contribution < -0.4 is 0 Å². The van der Waals surface area contributed by atoms with Gasteiger partial charge in [-0.1, -0.05) is 63.4 Å². The maximum atomic E-state index is 12.8. The summed E-state index contributed by atoms with van der Waals surface area (Å²) in [5.41, 5.74) is 0.972. The molecule has 1 atom stereocenters. The predicted molar refractivity (Wildman–Crippen MR) is 103 cm³/mol. The lowest BCUT2D eigenvalue weighted by atomic mass is 9.93. The molecule has 1 aromatic carbocycles. The molecule has 26 heavy (non-hydrogen) atoms. The van der Waals surface area contributed by atoms with E-state index in [-0.39, 0.29) is 30.8 Å². The van der Waals surface area contributed by atoms with Gasteiger partial charge in [-0.25, -0.2) is 0 Å². The molecule has 0 bridgehead atoms. The average molecular weight is 360 g/mol. The van der Waals surface area contributed by atoms with Crippen molar-refractivity contribution < 1.29 is 14.3 Å². The third kappa shape index (κ3) is 7.19. The van der Waals surface area contributed by atoms with Crippen molar-refractivity contribution in [2.75, 3.05) is 13.1 Å². The highest BCUT2D eigenvalue weighted by Crippen LogP contribution is 2.21. The lowest BCUT2D eigenvalue weighted by Crippen LogP contribution is -2.36. The molecule has 0 saturated carbocycles. The molecule has 1 aliphatic heterocycles. The minimum atomic E-state index is -0.350. The molecule has 4 heteroatoms. The standard InChI is InChI=1S/C22H33NO3/c1-18(2)15-20(22(25)26-17-19-11-7-6-8-12-19)16-21(24)23-13-9-4-3-5-10-14-23/h6-8,11-12,18,20H,3-5,9-10,13-17H2,1-2H3/t20-/m1/s1. The van der Waals surface area contributed by atoms with E-state index in [9.17, 15) is 9.59 Å². The monoisotopic (exact) mass is 359 g/mol. The second-order valence-electron chi connectivity index (χ2n) is 7.77. The molecule has 0 spiro atoms. The van der Waals surface area contributed by atoms with E-state index in [1.54, 1.807) is 0 Å². The van der Waals surface area contributed by atoms with E-state index in [1.807, 2.05) is 35.2 Å². The van der Waals surface area contributed by atoms with Crippen LogP contribution >= 0.6 is 0 Å². The van der Waals surface area contributed by atoms with Crippen LogP contribution in [0.25, 0.3) is 0 Å². The minimum Gasteiger partial charge on any atom is -0.461 e. The van der Waals surface area contributed by atoms with Gasteiger partial charge < -0.3 is 9.64 Å². The van der Waals surface area contributed by atoms with Gasteiger partial charge in [-0.2, -0.15) is 0 Å². The molecule has 1 aromatic rings. The molecule has 1 heterocycles. The number of likely N-dealkylation sites (tertiary alicyclic amines) is 1. The normalized spacial score (nSPS) is 16.7. The second-order valence-corrected chi connectivity index (χ2v) is 7.77. The van der Waals surface area contributed by atoms with E-state index in [0.29, 0.717) is 12.3 Å². The Morgan fingerprint density at radius 2 is 1.62 bits per heavy atom. The molecular weight excluding hydrogens is 326 g/mol. The lowest BCUT2D eigenvalue weighted by Gasteiger charge is -2.27. The van der Waals surface area contributed by atoms with Crippen LogP contribution in [0.1, 0.15) is 64.4 Å². The second kappa shape index (κ2) is 11.0. The number of benzene rings is 1. The zero-order valence-electron chi connectivity index (χ0n) is 16.3. The van der Waals surface area contributed by atoms with Gasteiger partial charge in [-0.05, 0) is 30.7 Å². The molecule has 4 nitrogen and oxygen atoms in total. The van der Waals surface area contributed by atoms with Crippen LogP contribution in [-0.4, -0.2) is 29.9 Å². The van der Waals surface area contributed by atoms with Crippen molar-refractivity contribution in [2.24, 2.45) is 11.8 Å². The fraction of sp³-hybridized carbons (Fsp3) is 0.636. The summed E-state index contributed by atoms with van der Waals surface area (Å²) in [4.78, 5) is 27.3. The Hall–Kier alpha value is -1.84. The third-order valence-corrected chi connectivity index (χ3v) is 4.94. The van der Waals surface area contributed by atoms with Crippen molar-refractivity contribution in [1.29, 1.82) is 0 Å². The molecule has 1 fully saturated rings. The van der Waals surface area contributed by atoms with Crippen LogP contribution in [0.15, 0.2) is 30.3 Å². The topological polar surface area (TPSA) is 46.6 Å². The zero-order valence-corrected chi connectivity index (χ0v) is 16.3. The number of carbonyl (C=O) groups excluding carboxylic acids is 2. The van der Waals surface area contributed by atoms with Crippen LogP contribution in [0.4, 0.5) is 0 Å². The molecule has 0 N–H and O–H groups in total. The van der Waals surface area contributed by atoms with Crippen LogP contribution in [0, 0.1) is 11.8 Å². The largest absolute Gasteiger partial charge is 0.461 e. The Balaban J connectivity index is 1.91. The van der Waals surface area contributed by atoms with Crippen molar-refractivity contribution in [3.05, 3.63) is 35.9 Å². The summed E-state index contributed by atoms with van der Waals surface area (Å²) in [6.07, 6.45) is 6.75. The minimum absolute atomic E-state index is 0.106. The number of carbonyl (C=O) groups is 2. The van der Waals surface area contributed by atoms with Gasteiger partial charge in [0.2, 0.25) is 5.91 Å². The summed E-state index contributed by atoms with van der Waals surface area (Å²) in [5.74, 6) is -0.141. The zero-order chi connectivity index (χ0) is 18.8. The summed E-state index contributed by atoms with van der Waals surface area (Å²) < 4.78 is 5.51. The highest BCUT2D eigenvalue weighted by Gasteiger charge is 2.27. The van der Waals surface area contributed by atoms with Gasteiger partial charge >= 0.3 is 5.97 Å². The number of esters is 1. The summed E-state index contributed by atoms with van der Waals surface area (Å²) in [6.45, 7) is 6.08. The number of amides is 1. The van der Waals surface area contributed by atoms with Crippen molar-refractivity contribution in [1.82, 2.24) is 4.90 Å². The first-order valence-electron chi connectivity index (χ1n) is 10.0. The van der Waals surface area contributed by atoms with Crippen molar-refractivity contribution in [3.63, 3.8) is 0 Å². The van der Waals surface area contributed by atoms with Gasteiger partial charge in [0.05, 0.1) is 5.92 Å². The van der Waals surface area contributed by atoms with Crippen LogP contribution in [0.2, 0.25) is 0 Å². The van der Waals surface area contributed by atoms with E-state index in [2.05, 4.69) is 13.8 Å². The smallest absolute Gasteiger partial charge is 0.309 e. The fourth-order valence-electron chi connectivity index (χ4n) is 3.52. The molecule has 0 aliphatic carbocycles. The summed E-state index contributed by atoms with van der Waals surface area (Å²) in [6, 6.07) is 9.68. The molecule has 2 rings (SSSR count). The fourth-order valence-corrected chi connectivity index (χ4v) is 3.52. The van der Waals surface area contributed by atoms with Crippen LogP contribution in [-0.2, 0) is 20.9 Å². The SMILES string of the molecule is CC(C)C[C@H](CC(=O)N1CCCCCCC1)C(=O)OCc1ccccc1. The Morgan fingerprint density at radius 1 is 1.00 bits per heavy atom. The Labute approximate surface area is 157 Å². The Morgan fingerprint density at radius 3 is 2.23 bits per heavy atom. The van der Waals surface area contributed by atoms with Gasteiger partial charge in [0.25, 0.3) is 0 Å². The summed E-state index contributed by atoms with van der Waals surface area (Å²) >= 11 is 0. The number of nitrogens with zero attached hydrogens (tertiary/aromatic N) is 1. The van der Waals surface area contributed by atoms with Gasteiger partial charge in [-0.3, -0.25) is 9.59 Å². The molecule has 0 radical (unpaired) electrons. The van der Waals surface area contributed by atoms with Crippen LogP contribution in [0.3, 0.4) is 0 Å². The van der Waals surface area contributed by atoms with Crippen molar-refractivity contribution in [2.45, 2.75) is 65.4 Å². The van der Waals surface area contributed by atoms with Gasteiger partial charge in [0, 0.05) is 19.5 Å². The maximum absolute atomic E-state index is 12.8. The molecule has 1 saturated heterocycles. The lowest BCUT2D eigenvalue weighted by molar-refractivity contribution is -0.153. The average Bonchev–Trinajstić information content (AvgIpc) is 2.59. The Bertz CT molecular complexity index is 548. The highest BCUT2D eigenvalue weighted by atomic mass is 16.5. The number of ether oxygens (including phenoxy) is 1. The number of rotatable bonds is 7. The first-order valence-corrected chi connectivity index (χ1v) is 10.0. The maximum Gasteiger partial charge on any atom is 0.309 e. The van der Waals surface area contributed by atoms with E-state index in [1.165, 1.54) is 19.3 Å². The molecule has 1 amide bonds. The van der Waals surface area contributed by atoms with Crippen molar-refractivity contribution in [3.8, 4) is 0 Å². The molecular formula is C22H33NO3. The molecule has 144 valence electrons. The quantitative estimate of drug-likeness (QED) is 0.670. The molecule has 1 aliphatic rings. The van der Waals surface area contributed by atoms with Gasteiger partial charge in [0.15, 0.2) is 0 Å². The van der Waals surface area contributed by atoms with Gasteiger partial charge in [0.1, 0.15) is 6.61 Å².